The zero-order valence-electron chi connectivity index (χ0n) is 11.7. The van der Waals surface area contributed by atoms with E-state index in [2.05, 4.69) is 12.0 Å². The normalized spacial score (nSPS) is 14.5. The Morgan fingerprint density at radius 1 is 1.39 bits per heavy atom. The zero-order chi connectivity index (χ0) is 13.5. The number of aromatic nitrogens is 2. The number of hydrogen-bond acceptors (Lipinski definition) is 4. The molecular weight excluding hydrogens is 232 g/mol. The van der Waals surface area contributed by atoms with Crippen LogP contribution in [0.4, 0.5) is 0 Å². The summed E-state index contributed by atoms with van der Waals surface area (Å²) in [7, 11) is 1.59. The van der Waals surface area contributed by atoms with Gasteiger partial charge in [0.05, 0.1) is 19.4 Å². The Balaban J connectivity index is 2.97. The van der Waals surface area contributed by atoms with E-state index in [1.165, 1.54) is 0 Å². The van der Waals surface area contributed by atoms with Crippen molar-refractivity contribution in [3.05, 3.63) is 11.9 Å². The van der Waals surface area contributed by atoms with Crippen LogP contribution in [0.5, 0.6) is 5.75 Å². The number of methoxy groups -OCH3 is 1. The van der Waals surface area contributed by atoms with Gasteiger partial charge in [0.2, 0.25) is 0 Å². The Morgan fingerprint density at radius 2 is 2.11 bits per heavy atom. The molecule has 0 aliphatic carbocycles. The maximum absolute atomic E-state index is 10.5. The standard InChI is InChI=1S/C13H24N2O3/c1-5-8-10(18-7-3)13(16)12-11(17-4)9-14-15(12)6-2/h9-10,13,16H,5-8H2,1-4H3. The number of aliphatic hydroxyl groups excluding tert-OH is 1. The Labute approximate surface area is 109 Å². The lowest BCUT2D eigenvalue weighted by atomic mass is 10.1. The van der Waals surface area contributed by atoms with E-state index in [-0.39, 0.29) is 6.10 Å². The molecule has 5 nitrogen and oxygen atoms in total. The molecule has 1 aromatic rings. The fraction of sp³-hybridized carbons (Fsp3) is 0.769. The van der Waals surface area contributed by atoms with Gasteiger partial charge in [-0.15, -0.1) is 0 Å². The van der Waals surface area contributed by atoms with Gasteiger partial charge in [-0.05, 0) is 20.3 Å². The van der Waals surface area contributed by atoms with E-state index < -0.39 is 6.10 Å². The van der Waals surface area contributed by atoms with Gasteiger partial charge >= 0.3 is 0 Å². The van der Waals surface area contributed by atoms with E-state index in [1.807, 2.05) is 13.8 Å². The molecule has 1 aromatic heterocycles. The van der Waals surface area contributed by atoms with Gasteiger partial charge in [-0.25, -0.2) is 0 Å². The summed E-state index contributed by atoms with van der Waals surface area (Å²) in [5.74, 6) is 0.616. The van der Waals surface area contributed by atoms with E-state index in [0.29, 0.717) is 24.6 Å². The quantitative estimate of drug-likeness (QED) is 0.774. The minimum atomic E-state index is -0.706. The summed E-state index contributed by atoms with van der Waals surface area (Å²) in [6, 6.07) is 0. The molecule has 0 aromatic carbocycles. The molecule has 0 radical (unpaired) electrons. The van der Waals surface area contributed by atoms with Crippen molar-refractivity contribution in [1.29, 1.82) is 0 Å². The maximum Gasteiger partial charge on any atom is 0.162 e. The van der Waals surface area contributed by atoms with Crippen LogP contribution in [0, 0.1) is 0 Å². The molecule has 0 aliphatic rings. The van der Waals surface area contributed by atoms with Crippen LogP contribution in [0.1, 0.15) is 45.4 Å². The van der Waals surface area contributed by atoms with Crippen LogP contribution >= 0.6 is 0 Å². The average molecular weight is 256 g/mol. The van der Waals surface area contributed by atoms with Crippen molar-refractivity contribution in [1.82, 2.24) is 9.78 Å². The molecule has 18 heavy (non-hydrogen) atoms. The molecule has 2 atom stereocenters. The zero-order valence-corrected chi connectivity index (χ0v) is 11.7. The molecule has 0 aliphatic heterocycles. The molecule has 1 N–H and O–H groups in total. The van der Waals surface area contributed by atoms with Crippen LogP contribution in [-0.2, 0) is 11.3 Å². The number of nitrogens with zero attached hydrogens (tertiary/aromatic N) is 2. The highest BCUT2D eigenvalue weighted by atomic mass is 16.5. The lowest BCUT2D eigenvalue weighted by Gasteiger charge is -2.23. The molecule has 0 fully saturated rings. The fourth-order valence-electron chi connectivity index (χ4n) is 2.09. The largest absolute Gasteiger partial charge is 0.493 e. The summed E-state index contributed by atoms with van der Waals surface area (Å²) < 4.78 is 12.6. The molecule has 1 heterocycles. The molecule has 0 bridgehead atoms. The monoisotopic (exact) mass is 256 g/mol. The van der Waals surface area contributed by atoms with Gasteiger partial charge in [0.15, 0.2) is 5.75 Å². The highest BCUT2D eigenvalue weighted by molar-refractivity contribution is 5.28. The van der Waals surface area contributed by atoms with Crippen molar-refractivity contribution in [2.45, 2.75) is 52.4 Å². The van der Waals surface area contributed by atoms with Crippen LogP contribution in [-0.4, -0.2) is 34.7 Å². The van der Waals surface area contributed by atoms with Crippen LogP contribution in [0.3, 0.4) is 0 Å². The second-order valence-corrected chi connectivity index (χ2v) is 4.14. The van der Waals surface area contributed by atoms with Crippen LogP contribution < -0.4 is 4.74 Å². The average Bonchev–Trinajstić information content (AvgIpc) is 2.80. The Hall–Kier alpha value is -1.07. The second kappa shape index (κ2) is 7.38. The Bertz CT molecular complexity index is 325. The smallest absolute Gasteiger partial charge is 0.162 e. The predicted molar refractivity (Wildman–Crippen MR) is 69.7 cm³/mol. The van der Waals surface area contributed by atoms with Gasteiger partial charge in [-0.2, -0.15) is 5.10 Å². The van der Waals surface area contributed by atoms with Crippen LogP contribution in [0.2, 0.25) is 0 Å². The summed E-state index contributed by atoms with van der Waals surface area (Å²) in [6.07, 6.45) is 2.49. The molecular formula is C13H24N2O3. The van der Waals surface area contributed by atoms with E-state index in [0.717, 1.165) is 12.8 Å². The number of aryl methyl sites for hydroxylation is 1. The van der Waals surface area contributed by atoms with Crippen molar-refractivity contribution in [3.63, 3.8) is 0 Å². The number of ether oxygens (including phenoxy) is 2. The van der Waals surface area contributed by atoms with Crippen molar-refractivity contribution in [2.75, 3.05) is 13.7 Å². The van der Waals surface area contributed by atoms with Gasteiger partial charge in [0.25, 0.3) is 0 Å². The lowest BCUT2D eigenvalue weighted by Crippen LogP contribution is -2.25. The number of hydrogen-bond donors (Lipinski definition) is 1. The van der Waals surface area contributed by atoms with E-state index in [9.17, 15) is 5.11 Å². The third-order valence-corrected chi connectivity index (χ3v) is 2.95. The fourth-order valence-corrected chi connectivity index (χ4v) is 2.09. The first kappa shape index (κ1) is 15.0. The molecule has 0 spiro atoms. The molecule has 104 valence electrons. The second-order valence-electron chi connectivity index (χ2n) is 4.14. The first-order valence-corrected chi connectivity index (χ1v) is 6.58. The minimum absolute atomic E-state index is 0.212. The molecule has 2 unspecified atom stereocenters. The first-order chi connectivity index (χ1) is 8.69. The van der Waals surface area contributed by atoms with Gasteiger partial charge in [0, 0.05) is 13.2 Å². The lowest BCUT2D eigenvalue weighted by molar-refractivity contribution is -0.0427. The minimum Gasteiger partial charge on any atom is -0.493 e. The summed E-state index contributed by atoms with van der Waals surface area (Å²) >= 11 is 0. The SMILES string of the molecule is CCCC(OCC)C(O)c1c(OC)cnn1CC. The highest BCUT2D eigenvalue weighted by Gasteiger charge is 2.27. The summed E-state index contributed by atoms with van der Waals surface area (Å²) in [6.45, 7) is 7.28. The third kappa shape index (κ3) is 3.23. The number of rotatable bonds is 8. The maximum atomic E-state index is 10.5. The van der Waals surface area contributed by atoms with Gasteiger partial charge in [0.1, 0.15) is 11.8 Å². The Kier molecular flexibility index (Phi) is 6.15. The number of aliphatic hydroxyl groups is 1. The van der Waals surface area contributed by atoms with Gasteiger partial charge in [-0.3, -0.25) is 4.68 Å². The molecule has 0 amide bonds. The molecule has 1 rings (SSSR count). The first-order valence-electron chi connectivity index (χ1n) is 6.58. The van der Waals surface area contributed by atoms with E-state index in [4.69, 9.17) is 9.47 Å². The van der Waals surface area contributed by atoms with Crippen molar-refractivity contribution in [2.24, 2.45) is 0 Å². The van der Waals surface area contributed by atoms with Crippen molar-refractivity contribution < 1.29 is 14.6 Å². The molecule has 0 saturated carbocycles. The predicted octanol–water partition coefficient (Wildman–Crippen LogP) is 2.15. The van der Waals surface area contributed by atoms with Gasteiger partial charge in [-0.1, -0.05) is 13.3 Å². The summed E-state index contributed by atoms with van der Waals surface area (Å²) in [4.78, 5) is 0. The van der Waals surface area contributed by atoms with Crippen LogP contribution in [0.15, 0.2) is 6.20 Å². The molecule has 0 saturated heterocycles. The third-order valence-electron chi connectivity index (χ3n) is 2.95. The topological polar surface area (TPSA) is 56.5 Å². The van der Waals surface area contributed by atoms with Crippen LogP contribution in [0.25, 0.3) is 0 Å². The highest BCUT2D eigenvalue weighted by Crippen LogP contribution is 2.30. The summed E-state index contributed by atoms with van der Waals surface area (Å²) in [5, 5.41) is 14.7. The van der Waals surface area contributed by atoms with Crippen molar-refractivity contribution in [3.8, 4) is 5.75 Å². The van der Waals surface area contributed by atoms with Crippen molar-refractivity contribution >= 4 is 0 Å². The molecule has 5 heteroatoms. The summed E-state index contributed by atoms with van der Waals surface area (Å²) in [5.41, 5.74) is 0.701. The van der Waals surface area contributed by atoms with E-state index >= 15 is 0 Å². The van der Waals surface area contributed by atoms with Gasteiger partial charge < -0.3 is 14.6 Å². The van der Waals surface area contributed by atoms with E-state index in [1.54, 1.807) is 18.0 Å². The Morgan fingerprint density at radius 3 is 2.61 bits per heavy atom.